The van der Waals surface area contributed by atoms with Gasteiger partial charge in [0.1, 0.15) is 6.04 Å². The largest absolute Gasteiger partial charge is 0.454 e. The van der Waals surface area contributed by atoms with Crippen molar-refractivity contribution in [3.05, 3.63) is 53.6 Å². The molecule has 7 nitrogen and oxygen atoms in total. The number of ether oxygens (including phenoxy) is 2. The predicted octanol–water partition coefficient (Wildman–Crippen LogP) is 2.21. The van der Waals surface area contributed by atoms with Gasteiger partial charge >= 0.3 is 0 Å². The molecule has 7 heteroatoms. The highest BCUT2D eigenvalue weighted by Crippen LogP contribution is 2.34. The van der Waals surface area contributed by atoms with Gasteiger partial charge in [-0.15, -0.1) is 0 Å². The van der Waals surface area contributed by atoms with E-state index in [1.54, 1.807) is 18.2 Å². The van der Waals surface area contributed by atoms with Gasteiger partial charge in [-0.1, -0.05) is 38.1 Å². The van der Waals surface area contributed by atoms with Crippen LogP contribution in [0.1, 0.15) is 25.0 Å². The number of hydrogen-bond acceptors (Lipinski definition) is 5. The first-order valence-electron chi connectivity index (χ1n) is 9.82. The molecule has 29 heavy (non-hydrogen) atoms. The van der Waals surface area contributed by atoms with E-state index in [4.69, 9.17) is 9.47 Å². The summed E-state index contributed by atoms with van der Waals surface area (Å²) in [5.41, 5.74) is 2.97. The van der Waals surface area contributed by atoms with Gasteiger partial charge in [0, 0.05) is 18.3 Å². The number of benzene rings is 2. The van der Waals surface area contributed by atoms with Crippen molar-refractivity contribution in [1.82, 2.24) is 10.6 Å². The number of rotatable bonds is 5. The third-order valence-electron chi connectivity index (χ3n) is 5.28. The summed E-state index contributed by atoms with van der Waals surface area (Å²) < 4.78 is 10.6. The van der Waals surface area contributed by atoms with Crippen molar-refractivity contribution in [2.75, 3.05) is 12.1 Å². The van der Waals surface area contributed by atoms with Gasteiger partial charge in [0.2, 0.25) is 18.6 Å². The molecule has 0 unspecified atom stereocenters. The second kappa shape index (κ2) is 8.13. The molecule has 2 amide bonds. The third-order valence-corrected chi connectivity index (χ3v) is 5.28. The van der Waals surface area contributed by atoms with Gasteiger partial charge in [-0.25, -0.2) is 0 Å². The molecule has 0 saturated heterocycles. The Kier molecular flexibility index (Phi) is 5.40. The summed E-state index contributed by atoms with van der Waals surface area (Å²) in [6.45, 7) is 4.64. The molecule has 2 aromatic carbocycles. The highest BCUT2D eigenvalue weighted by molar-refractivity contribution is 5.98. The first-order valence-corrected chi connectivity index (χ1v) is 9.82. The van der Waals surface area contributed by atoms with E-state index < -0.39 is 6.04 Å². The van der Waals surface area contributed by atoms with Gasteiger partial charge in [0.25, 0.3) is 0 Å². The lowest BCUT2D eigenvalue weighted by Crippen LogP contribution is -2.54. The molecule has 0 fully saturated rings. The van der Waals surface area contributed by atoms with Crippen molar-refractivity contribution in [2.45, 2.75) is 38.9 Å². The fourth-order valence-corrected chi connectivity index (χ4v) is 3.62. The van der Waals surface area contributed by atoms with Crippen LogP contribution >= 0.6 is 0 Å². The lowest BCUT2D eigenvalue weighted by Gasteiger charge is -2.28. The highest BCUT2D eigenvalue weighted by atomic mass is 16.7. The average molecular weight is 395 g/mol. The standard InChI is InChI=1S/C22H25N3O4/c1-13(2)20(22(27)24-16-7-8-18-19(10-16)29-12-28-18)25-21(26)17-9-14-5-3-4-6-15(14)11-23-17/h3-8,10,13,17,20,23H,9,11-12H2,1-2H3,(H,24,27)(H,25,26)/t17-,20-/m1/s1. The molecule has 2 heterocycles. The molecular weight excluding hydrogens is 370 g/mol. The van der Waals surface area contributed by atoms with Crippen molar-refractivity contribution in [3.8, 4) is 11.5 Å². The van der Waals surface area contributed by atoms with Crippen LogP contribution in [-0.2, 0) is 22.6 Å². The van der Waals surface area contributed by atoms with Crippen molar-refractivity contribution in [3.63, 3.8) is 0 Å². The number of amides is 2. The second-order valence-electron chi connectivity index (χ2n) is 7.69. The van der Waals surface area contributed by atoms with Crippen LogP contribution in [0.3, 0.4) is 0 Å². The first-order chi connectivity index (χ1) is 14.0. The summed E-state index contributed by atoms with van der Waals surface area (Å²) in [7, 11) is 0. The number of carbonyl (C=O) groups is 2. The van der Waals surface area contributed by atoms with Gasteiger partial charge < -0.3 is 25.4 Å². The maximum absolute atomic E-state index is 12.9. The van der Waals surface area contributed by atoms with E-state index in [1.165, 1.54) is 5.56 Å². The summed E-state index contributed by atoms with van der Waals surface area (Å²) >= 11 is 0. The Morgan fingerprint density at radius 2 is 1.83 bits per heavy atom. The number of hydrogen-bond donors (Lipinski definition) is 3. The van der Waals surface area contributed by atoms with Crippen LogP contribution in [0, 0.1) is 5.92 Å². The van der Waals surface area contributed by atoms with E-state index in [9.17, 15) is 9.59 Å². The fraction of sp³-hybridized carbons (Fsp3) is 0.364. The van der Waals surface area contributed by atoms with Crippen molar-refractivity contribution in [1.29, 1.82) is 0 Å². The van der Waals surface area contributed by atoms with Crippen LogP contribution in [0.25, 0.3) is 0 Å². The zero-order valence-corrected chi connectivity index (χ0v) is 16.5. The molecule has 2 atom stereocenters. The molecule has 0 bridgehead atoms. The molecule has 2 aliphatic heterocycles. The molecule has 0 spiro atoms. The summed E-state index contributed by atoms with van der Waals surface area (Å²) in [5.74, 6) is 0.754. The summed E-state index contributed by atoms with van der Waals surface area (Å²) in [5, 5.41) is 9.05. The van der Waals surface area contributed by atoms with Crippen molar-refractivity contribution >= 4 is 17.5 Å². The van der Waals surface area contributed by atoms with E-state index in [1.807, 2.05) is 32.0 Å². The molecule has 3 N–H and O–H groups in total. The van der Waals surface area contributed by atoms with Crippen molar-refractivity contribution in [2.24, 2.45) is 5.92 Å². The number of fused-ring (bicyclic) bond motifs is 2. The fourth-order valence-electron chi connectivity index (χ4n) is 3.62. The van der Waals surface area contributed by atoms with E-state index in [2.05, 4.69) is 22.0 Å². The quantitative estimate of drug-likeness (QED) is 0.722. The Balaban J connectivity index is 1.41. The molecule has 0 aliphatic carbocycles. The monoisotopic (exact) mass is 395 g/mol. The zero-order chi connectivity index (χ0) is 20.4. The smallest absolute Gasteiger partial charge is 0.247 e. The molecule has 0 saturated carbocycles. The van der Waals surface area contributed by atoms with E-state index in [-0.39, 0.29) is 30.6 Å². The molecular formula is C22H25N3O4. The third kappa shape index (κ3) is 4.19. The van der Waals surface area contributed by atoms with Crippen LogP contribution in [0.15, 0.2) is 42.5 Å². The number of carbonyl (C=O) groups excluding carboxylic acids is 2. The van der Waals surface area contributed by atoms with Gasteiger partial charge in [-0.3, -0.25) is 9.59 Å². The van der Waals surface area contributed by atoms with Gasteiger partial charge in [0.15, 0.2) is 11.5 Å². The second-order valence-corrected chi connectivity index (χ2v) is 7.69. The topological polar surface area (TPSA) is 88.7 Å². The van der Waals surface area contributed by atoms with Crippen LogP contribution < -0.4 is 25.4 Å². The Morgan fingerprint density at radius 3 is 2.62 bits per heavy atom. The Hall–Kier alpha value is -3.06. The van der Waals surface area contributed by atoms with Crippen LogP contribution in [0.5, 0.6) is 11.5 Å². The van der Waals surface area contributed by atoms with Crippen LogP contribution in [0.4, 0.5) is 5.69 Å². The number of nitrogens with one attached hydrogen (secondary N) is 3. The number of anilines is 1. The van der Waals surface area contributed by atoms with Crippen LogP contribution in [0.2, 0.25) is 0 Å². The van der Waals surface area contributed by atoms with E-state index >= 15 is 0 Å². The van der Waals surface area contributed by atoms with Crippen LogP contribution in [-0.4, -0.2) is 30.7 Å². The summed E-state index contributed by atoms with van der Waals surface area (Å²) in [6, 6.07) is 12.3. The molecule has 2 aromatic rings. The van der Waals surface area contributed by atoms with Crippen molar-refractivity contribution < 1.29 is 19.1 Å². The predicted molar refractivity (Wildman–Crippen MR) is 109 cm³/mol. The SMILES string of the molecule is CC(C)[C@@H](NC(=O)[C@H]1Cc2ccccc2CN1)C(=O)Nc1ccc2c(c1)OCO2. The molecule has 0 aromatic heterocycles. The molecule has 152 valence electrons. The Bertz CT molecular complexity index is 928. The first kappa shape index (κ1) is 19.3. The summed E-state index contributed by atoms with van der Waals surface area (Å²) in [6.07, 6.45) is 0.608. The van der Waals surface area contributed by atoms with Gasteiger partial charge in [-0.2, -0.15) is 0 Å². The minimum Gasteiger partial charge on any atom is -0.454 e. The molecule has 0 radical (unpaired) electrons. The minimum atomic E-state index is -0.646. The minimum absolute atomic E-state index is 0.0659. The Morgan fingerprint density at radius 1 is 1.07 bits per heavy atom. The molecule has 4 rings (SSSR count). The van der Waals surface area contributed by atoms with Gasteiger partial charge in [-0.05, 0) is 35.6 Å². The maximum Gasteiger partial charge on any atom is 0.247 e. The average Bonchev–Trinajstić information content (AvgIpc) is 3.19. The van der Waals surface area contributed by atoms with Gasteiger partial charge in [0.05, 0.1) is 6.04 Å². The lowest BCUT2D eigenvalue weighted by atomic mass is 9.94. The maximum atomic E-state index is 12.9. The normalized spacial score (nSPS) is 18.1. The summed E-state index contributed by atoms with van der Waals surface area (Å²) in [4.78, 5) is 25.7. The highest BCUT2D eigenvalue weighted by Gasteiger charge is 2.30. The molecule has 2 aliphatic rings. The lowest BCUT2D eigenvalue weighted by molar-refractivity contribution is -0.128. The Labute approximate surface area is 169 Å². The van der Waals surface area contributed by atoms with E-state index in [0.717, 1.165) is 5.56 Å². The van der Waals surface area contributed by atoms with E-state index in [0.29, 0.717) is 30.2 Å². The zero-order valence-electron chi connectivity index (χ0n) is 16.5.